The molecule has 1 unspecified atom stereocenters. The number of benzene rings is 2. The van der Waals surface area contributed by atoms with Gasteiger partial charge in [0.05, 0.1) is 23.5 Å². The van der Waals surface area contributed by atoms with Gasteiger partial charge >= 0.3 is 5.97 Å². The van der Waals surface area contributed by atoms with Crippen molar-refractivity contribution in [1.82, 2.24) is 0 Å². The number of aromatic carboxylic acids is 1. The lowest BCUT2D eigenvalue weighted by Crippen LogP contribution is -2.50. The molecule has 1 atom stereocenters. The topological polar surface area (TPSA) is 60.9 Å². The molecular formula is C20H20N2O3. The molecule has 2 aromatic carbocycles. The number of hydrogen-bond donors (Lipinski definition) is 1. The Balaban J connectivity index is 1.82. The average molecular weight is 336 g/mol. The first-order chi connectivity index (χ1) is 12.1. The van der Waals surface area contributed by atoms with Crippen molar-refractivity contribution in [2.45, 2.75) is 32.4 Å². The monoisotopic (exact) mass is 336 g/mol. The number of amides is 1. The van der Waals surface area contributed by atoms with E-state index < -0.39 is 5.97 Å². The quantitative estimate of drug-likeness (QED) is 0.935. The summed E-state index contributed by atoms with van der Waals surface area (Å²) in [6.07, 6.45) is 1.83. The van der Waals surface area contributed by atoms with Crippen molar-refractivity contribution in [3.8, 4) is 0 Å². The van der Waals surface area contributed by atoms with Gasteiger partial charge in [0.25, 0.3) is 0 Å². The Kier molecular flexibility index (Phi) is 3.71. The fraction of sp³-hybridized carbons (Fsp3) is 0.300. The Bertz CT molecular complexity index is 862. The van der Waals surface area contributed by atoms with Crippen molar-refractivity contribution < 1.29 is 14.7 Å². The summed E-state index contributed by atoms with van der Waals surface area (Å²) in [5.41, 5.74) is 4.07. The van der Waals surface area contributed by atoms with Gasteiger partial charge in [0, 0.05) is 6.54 Å². The Morgan fingerprint density at radius 1 is 1.20 bits per heavy atom. The maximum atomic E-state index is 13.1. The molecule has 0 saturated carbocycles. The van der Waals surface area contributed by atoms with Crippen molar-refractivity contribution in [2.75, 3.05) is 16.3 Å². The summed E-state index contributed by atoms with van der Waals surface area (Å²) in [6, 6.07) is 13.0. The van der Waals surface area contributed by atoms with Gasteiger partial charge in [0.1, 0.15) is 6.04 Å². The van der Waals surface area contributed by atoms with Gasteiger partial charge in [0.2, 0.25) is 5.91 Å². The van der Waals surface area contributed by atoms with E-state index in [0.29, 0.717) is 12.2 Å². The van der Waals surface area contributed by atoms with Crippen LogP contribution in [0.2, 0.25) is 0 Å². The van der Waals surface area contributed by atoms with Crippen LogP contribution < -0.4 is 9.80 Å². The number of nitrogens with zero attached hydrogens (tertiary/aromatic N) is 2. The summed E-state index contributed by atoms with van der Waals surface area (Å²) in [4.78, 5) is 28.4. The second-order valence-electron chi connectivity index (χ2n) is 6.71. The van der Waals surface area contributed by atoms with Crippen molar-refractivity contribution >= 4 is 23.3 Å². The Morgan fingerprint density at radius 3 is 2.76 bits per heavy atom. The summed E-state index contributed by atoms with van der Waals surface area (Å²) in [6.45, 7) is 3.33. The Hall–Kier alpha value is -2.82. The third kappa shape index (κ3) is 2.56. The van der Waals surface area contributed by atoms with E-state index >= 15 is 0 Å². The van der Waals surface area contributed by atoms with E-state index in [1.165, 1.54) is 0 Å². The molecule has 5 nitrogen and oxygen atoms in total. The van der Waals surface area contributed by atoms with Gasteiger partial charge in [0.15, 0.2) is 0 Å². The normalized spacial score (nSPS) is 18.9. The number of anilines is 2. The zero-order valence-corrected chi connectivity index (χ0v) is 14.1. The average Bonchev–Trinajstić information content (AvgIpc) is 3.09. The molecule has 0 radical (unpaired) electrons. The van der Waals surface area contributed by atoms with Crippen LogP contribution in [0, 0.1) is 6.92 Å². The molecule has 1 saturated heterocycles. The first-order valence-electron chi connectivity index (χ1n) is 8.56. The summed E-state index contributed by atoms with van der Waals surface area (Å²) < 4.78 is 0. The van der Waals surface area contributed by atoms with E-state index in [1.54, 1.807) is 17.0 Å². The van der Waals surface area contributed by atoms with Crippen LogP contribution in [0.4, 0.5) is 11.4 Å². The van der Waals surface area contributed by atoms with Crippen LogP contribution in [0.15, 0.2) is 42.5 Å². The molecule has 1 N–H and O–H groups in total. The fourth-order valence-electron chi connectivity index (χ4n) is 3.85. The van der Waals surface area contributed by atoms with Crippen LogP contribution in [-0.2, 0) is 11.3 Å². The molecular weight excluding hydrogens is 316 g/mol. The van der Waals surface area contributed by atoms with Gasteiger partial charge in [-0.25, -0.2) is 4.79 Å². The molecule has 2 aliphatic heterocycles. The third-order valence-corrected chi connectivity index (χ3v) is 5.22. The molecule has 1 amide bonds. The highest BCUT2D eigenvalue weighted by Gasteiger charge is 2.41. The van der Waals surface area contributed by atoms with Gasteiger partial charge in [-0.3, -0.25) is 4.79 Å². The summed E-state index contributed by atoms with van der Waals surface area (Å²) in [7, 11) is 0. The van der Waals surface area contributed by atoms with Crippen LogP contribution >= 0.6 is 0 Å². The number of carbonyl (C=O) groups is 2. The van der Waals surface area contributed by atoms with Crippen molar-refractivity contribution in [1.29, 1.82) is 0 Å². The number of carbonyl (C=O) groups excluding carboxylic acids is 1. The SMILES string of the molecule is Cc1ccccc1CN1C(=O)C2CCCN2c2ccc(C(=O)O)cc21. The van der Waals surface area contributed by atoms with E-state index in [0.717, 1.165) is 36.2 Å². The molecule has 0 bridgehead atoms. The van der Waals surface area contributed by atoms with E-state index in [4.69, 9.17) is 0 Å². The number of carboxylic acid groups (broad SMARTS) is 1. The number of carboxylic acids is 1. The third-order valence-electron chi connectivity index (χ3n) is 5.22. The number of hydrogen-bond acceptors (Lipinski definition) is 3. The maximum absolute atomic E-state index is 13.1. The number of rotatable bonds is 3. The van der Waals surface area contributed by atoms with Crippen LogP contribution in [0.25, 0.3) is 0 Å². The highest BCUT2D eigenvalue weighted by Crippen LogP contribution is 2.41. The second-order valence-corrected chi connectivity index (χ2v) is 6.71. The first-order valence-corrected chi connectivity index (χ1v) is 8.56. The van der Waals surface area contributed by atoms with Gasteiger partial charge < -0.3 is 14.9 Å². The standard InChI is InChI=1S/C20H20N2O3/c1-13-5-2-3-6-15(13)12-22-18-11-14(20(24)25)8-9-16(18)21-10-4-7-17(21)19(22)23/h2-3,5-6,8-9,11,17H,4,7,10,12H2,1H3,(H,24,25). The molecule has 5 heteroatoms. The summed E-state index contributed by atoms with van der Waals surface area (Å²) in [5.74, 6) is -0.912. The van der Waals surface area contributed by atoms with Crippen molar-refractivity contribution in [3.05, 3.63) is 59.2 Å². The number of fused-ring (bicyclic) bond motifs is 3. The smallest absolute Gasteiger partial charge is 0.335 e. The van der Waals surface area contributed by atoms with Gasteiger partial charge in [-0.2, -0.15) is 0 Å². The second kappa shape index (κ2) is 5.92. The molecule has 128 valence electrons. The highest BCUT2D eigenvalue weighted by atomic mass is 16.4. The lowest BCUT2D eigenvalue weighted by molar-refractivity contribution is -0.120. The maximum Gasteiger partial charge on any atom is 0.335 e. The zero-order valence-electron chi connectivity index (χ0n) is 14.1. The predicted molar refractivity (Wildman–Crippen MR) is 96.1 cm³/mol. The molecule has 0 spiro atoms. The van der Waals surface area contributed by atoms with Crippen molar-refractivity contribution in [2.24, 2.45) is 0 Å². The molecule has 4 rings (SSSR count). The minimum atomic E-state index is -0.977. The molecule has 25 heavy (non-hydrogen) atoms. The van der Waals surface area contributed by atoms with Crippen LogP contribution in [0.1, 0.15) is 34.3 Å². The Morgan fingerprint density at radius 2 is 2.00 bits per heavy atom. The highest BCUT2D eigenvalue weighted by molar-refractivity contribution is 6.07. The van der Waals surface area contributed by atoms with Crippen LogP contribution in [0.3, 0.4) is 0 Å². The summed E-state index contributed by atoms with van der Waals surface area (Å²) in [5, 5.41) is 9.34. The molecule has 2 heterocycles. The first kappa shape index (κ1) is 15.7. The Labute approximate surface area is 146 Å². The largest absolute Gasteiger partial charge is 0.478 e. The molecule has 1 fully saturated rings. The van der Waals surface area contributed by atoms with E-state index in [9.17, 15) is 14.7 Å². The number of aryl methyl sites for hydroxylation is 1. The van der Waals surface area contributed by atoms with E-state index in [-0.39, 0.29) is 17.5 Å². The molecule has 0 aromatic heterocycles. The van der Waals surface area contributed by atoms with E-state index in [2.05, 4.69) is 4.90 Å². The van der Waals surface area contributed by atoms with Crippen molar-refractivity contribution in [3.63, 3.8) is 0 Å². The van der Waals surface area contributed by atoms with Crippen LogP contribution in [0.5, 0.6) is 0 Å². The fourth-order valence-corrected chi connectivity index (χ4v) is 3.85. The zero-order chi connectivity index (χ0) is 17.6. The van der Waals surface area contributed by atoms with Gasteiger partial charge in [-0.15, -0.1) is 0 Å². The minimum absolute atomic E-state index is 0.0655. The summed E-state index contributed by atoms with van der Waals surface area (Å²) >= 11 is 0. The van der Waals surface area contributed by atoms with E-state index in [1.807, 2.05) is 37.3 Å². The van der Waals surface area contributed by atoms with Gasteiger partial charge in [-0.05, 0) is 49.1 Å². The minimum Gasteiger partial charge on any atom is -0.478 e. The lowest BCUT2D eigenvalue weighted by Gasteiger charge is -2.40. The molecule has 2 aliphatic rings. The lowest BCUT2D eigenvalue weighted by atomic mass is 10.0. The van der Waals surface area contributed by atoms with Gasteiger partial charge in [-0.1, -0.05) is 24.3 Å². The molecule has 2 aromatic rings. The molecule has 0 aliphatic carbocycles. The van der Waals surface area contributed by atoms with Crippen LogP contribution in [-0.4, -0.2) is 29.6 Å². The predicted octanol–water partition coefficient (Wildman–Crippen LogP) is 3.21.